The van der Waals surface area contributed by atoms with Crippen LogP contribution in [0.3, 0.4) is 0 Å². The number of ether oxygens (including phenoxy) is 2. The third-order valence-corrected chi connectivity index (χ3v) is 4.51. The van der Waals surface area contributed by atoms with Crippen LogP contribution in [0.15, 0.2) is 18.2 Å². The first kappa shape index (κ1) is 15.3. The molecular weight excluding hydrogens is 259 g/mol. The highest BCUT2D eigenvalue weighted by Gasteiger charge is 2.42. The SMILES string of the molecule is COc1ccc(F)cc1C(O)C1(OC)CCC(C)CC1. The third kappa shape index (κ3) is 2.81. The van der Waals surface area contributed by atoms with Crippen LogP contribution < -0.4 is 4.74 Å². The van der Waals surface area contributed by atoms with Gasteiger partial charge in [0.2, 0.25) is 0 Å². The van der Waals surface area contributed by atoms with Gasteiger partial charge in [-0.1, -0.05) is 6.92 Å². The lowest BCUT2D eigenvalue weighted by atomic mass is 9.74. The Bertz CT molecular complexity index is 453. The highest BCUT2D eigenvalue weighted by atomic mass is 19.1. The first-order valence-electron chi connectivity index (χ1n) is 7.09. The molecular formula is C16H23FO3. The van der Waals surface area contributed by atoms with Crippen molar-refractivity contribution < 1.29 is 19.0 Å². The first-order chi connectivity index (χ1) is 9.52. The molecule has 0 bridgehead atoms. The van der Waals surface area contributed by atoms with Crippen molar-refractivity contribution in [2.24, 2.45) is 5.92 Å². The van der Waals surface area contributed by atoms with E-state index in [4.69, 9.17) is 9.47 Å². The summed E-state index contributed by atoms with van der Waals surface area (Å²) >= 11 is 0. The van der Waals surface area contributed by atoms with E-state index in [1.54, 1.807) is 13.2 Å². The molecule has 1 aliphatic carbocycles. The van der Waals surface area contributed by atoms with Gasteiger partial charge < -0.3 is 14.6 Å². The molecule has 0 amide bonds. The van der Waals surface area contributed by atoms with Gasteiger partial charge in [0.25, 0.3) is 0 Å². The molecule has 1 atom stereocenters. The molecule has 0 aliphatic heterocycles. The Labute approximate surface area is 119 Å². The number of methoxy groups -OCH3 is 2. The second-order valence-corrected chi connectivity index (χ2v) is 5.74. The molecule has 0 saturated heterocycles. The molecule has 0 heterocycles. The standard InChI is InChI=1S/C16H23FO3/c1-11-6-8-16(20-3,9-7-11)15(18)13-10-12(17)4-5-14(13)19-2/h4-5,10-11,15,18H,6-9H2,1-3H3. The topological polar surface area (TPSA) is 38.7 Å². The lowest BCUT2D eigenvalue weighted by molar-refractivity contribution is -0.131. The summed E-state index contributed by atoms with van der Waals surface area (Å²) in [6.45, 7) is 2.20. The predicted molar refractivity (Wildman–Crippen MR) is 75.3 cm³/mol. The minimum atomic E-state index is -0.884. The second-order valence-electron chi connectivity index (χ2n) is 5.74. The summed E-state index contributed by atoms with van der Waals surface area (Å²) in [6.07, 6.45) is 2.66. The first-order valence-corrected chi connectivity index (χ1v) is 7.09. The number of aliphatic hydroxyl groups excluding tert-OH is 1. The quantitative estimate of drug-likeness (QED) is 0.919. The molecule has 1 unspecified atom stereocenters. The summed E-state index contributed by atoms with van der Waals surface area (Å²) in [5.74, 6) is 0.754. The highest BCUT2D eigenvalue weighted by Crippen LogP contribution is 2.44. The highest BCUT2D eigenvalue weighted by molar-refractivity contribution is 5.37. The third-order valence-electron chi connectivity index (χ3n) is 4.51. The molecule has 3 nitrogen and oxygen atoms in total. The van der Waals surface area contributed by atoms with E-state index in [9.17, 15) is 9.50 Å². The van der Waals surface area contributed by atoms with Crippen molar-refractivity contribution in [1.29, 1.82) is 0 Å². The minimum absolute atomic E-state index is 0.379. The average molecular weight is 282 g/mol. The fourth-order valence-corrected chi connectivity index (χ4v) is 3.04. The summed E-state index contributed by atoms with van der Waals surface area (Å²) in [7, 11) is 3.14. The summed E-state index contributed by atoms with van der Waals surface area (Å²) in [4.78, 5) is 0. The summed E-state index contributed by atoms with van der Waals surface area (Å²) < 4.78 is 24.4. The van der Waals surface area contributed by atoms with Crippen LogP contribution in [0.2, 0.25) is 0 Å². The van der Waals surface area contributed by atoms with Crippen LogP contribution in [0.5, 0.6) is 5.75 Å². The Morgan fingerprint density at radius 1 is 1.30 bits per heavy atom. The summed E-state index contributed by atoms with van der Waals surface area (Å²) in [5, 5.41) is 10.7. The van der Waals surface area contributed by atoms with Gasteiger partial charge in [0, 0.05) is 12.7 Å². The van der Waals surface area contributed by atoms with Crippen molar-refractivity contribution in [3.8, 4) is 5.75 Å². The largest absolute Gasteiger partial charge is 0.496 e. The van der Waals surface area contributed by atoms with E-state index in [1.807, 2.05) is 0 Å². The lowest BCUT2D eigenvalue weighted by Gasteiger charge is -2.42. The van der Waals surface area contributed by atoms with Gasteiger partial charge in [-0.25, -0.2) is 4.39 Å². The van der Waals surface area contributed by atoms with Crippen molar-refractivity contribution in [3.63, 3.8) is 0 Å². The fourth-order valence-electron chi connectivity index (χ4n) is 3.04. The molecule has 1 saturated carbocycles. The van der Waals surface area contributed by atoms with Crippen LogP contribution >= 0.6 is 0 Å². The molecule has 20 heavy (non-hydrogen) atoms. The molecule has 1 aromatic carbocycles. The van der Waals surface area contributed by atoms with Crippen LogP contribution in [-0.4, -0.2) is 24.9 Å². The monoisotopic (exact) mass is 282 g/mol. The normalized spacial score (nSPS) is 28.1. The minimum Gasteiger partial charge on any atom is -0.496 e. The van der Waals surface area contributed by atoms with Crippen molar-refractivity contribution in [2.45, 2.75) is 44.3 Å². The number of benzene rings is 1. The van der Waals surface area contributed by atoms with Gasteiger partial charge in [0.1, 0.15) is 17.7 Å². The smallest absolute Gasteiger partial charge is 0.124 e. The van der Waals surface area contributed by atoms with Gasteiger partial charge in [-0.2, -0.15) is 0 Å². The van der Waals surface area contributed by atoms with Gasteiger partial charge in [0.15, 0.2) is 0 Å². The van der Waals surface area contributed by atoms with Gasteiger partial charge in [-0.15, -0.1) is 0 Å². The number of rotatable bonds is 4. The molecule has 1 fully saturated rings. The molecule has 2 rings (SSSR count). The number of halogens is 1. The van der Waals surface area contributed by atoms with Gasteiger partial charge in [-0.05, 0) is 49.8 Å². The van der Waals surface area contributed by atoms with Crippen molar-refractivity contribution in [2.75, 3.05) is 14.2 Å². The van der Waals surface area contributed by atoms with E-state index >= 15 is 0 Å². The molecule has 0 aromatic heterocycles. The Kier molecular flexibility index (Phi) is 4.66. The zero-order chi connectivity index (χ0) is 14.8. The molecule has 4 heteroatoms. The maximum atomic E-state index is 13.5. The van der Waals surface area contributed by atoms with Crippen LogP contribution in [0.25, 0.3) is 0 Å². The molecule has 0 radical (unpaired) electrons. The predicted octanol–water partition coefficient (Wildman–Crippen LogP) is 3.46. The average Bonchev–Trinajstić information content (AvgIpc) is 2.47. The molecule has 112 valence electrons. The van der Waals surface area contributed by atoms with E-state index < -0.39 is 11.7 Å². The van der Waals surface area contributed by atoms with E-state index in [-0.39, 0.29) is 5.82 Å². The molecule has 1 aromatic rings. The van der Waals surface area contributed by atoms with Gasteiger partial charge in [0.05, 0.1) is 12.7 Å². The summed E-state index contributed by atoms with van der Waals surface area (Å²) in [6, 6.07) is 4.21. The Hall–Kier alpha value is -1.13. The van der Waals surface area contributed by atoms with E-state index in [1.165, 1.54) is 19.2 Å². The van der Waals surface area contributed by atoms with Crippen LogP contribution in [0.4, 0.5) is 4.39 Å². The summed E-state index contributed by atoms with van der Waals surface area (Å²) in [5.41, 5.74) is -0.183. The Balaban J connectivity index is 2.33. The number of aliphatic hydroxyl groups is 1. The van der Waals surface area contributed by atoms with Crippen molar-refractivity contribution in [1.82, 2.24) is 0 Å². The van der Waals surface area contributed by atoms with E-state index in [0.717, 1.165) is 25.7 Å². The lowest BCUT2D eigenvalue weighted by Crippen LogP contribution is -2.42. The van der Waals surface area contributed by atoms with E-state index in [2.05, 4.69) is 6.92 Å². The number of hydrogen-bond donors (Lipinski definition) is 1. The molecule has 0 spiro atoms. The molecule has 1 N–H and O–H groups in total. The van der Waals surface area contributed by atoms with Crippen molar-refractivity contribution in [3.05, 3.63) is 29.6 Å². The number of hydrogen-bond acceptors (Lipinski definition) is 3. The zero-order valence-electron chi connectivity index (χ0n) is 12.4. The van der Waals surface area contributed by atoms with E-state index in [0.29, 0.717) is 17.2 Å². The Morgan fingerprint density at radius 3 is 2.50 bits per heavy atom. The van der Waals surface area contributed by atoms with Crippen LogP contribution in [0, 0.1) is 11.7 Å². The fraction of sp³-hybridized carbons (Fsp3) is 0.625. The molecule has 1 aliphatic rings. The zero-order valence-corrected chi connectivity index (χ0v) is 12.4. The Morgan fingerprint density at radius 2 is 1.95 bits per heavy atom. The van der Waals surface area contributed by atoms with Crippen LogP contribution in [-0.2, 0) is 4.74 Å². The second kappa shape index (κ2) is 6.10. The maximum absolute atomic E-state index is 13.5. The van der Waals surface area contributed by atoms with Crippen LogP contribution in [0.1, 0.15) is 44.3 Å². The van der Waals surface area contributed by atoms with Gasteiger partial charge >= 0.3 is 0 Å². The maximum Gasteiger partial charge on any atom is 0.124 e. The van der Waals surface area contributed by atoms with Crippen molar-refractivity contribution >= 4 is 0 Å². The van der Waals surface area contributed by atoms with Gasteiger partial charge in [-0.3, -0.25) is 0 Å².